The summed E-state index contributed by atoms with van der Waals surface area (Å²) < 4.78 is 15.6. The van der Waals surface area contributed by atoms with Gasteiger partial charge in [0.1, 0.15) is 5.82 Å². The number of nitrogens with zero attached hydrogens (tertiary/aromatic N) is 3. The number of halogens is 1. The molecule has 0 atom stereocenters. The number of nitro benzene ring substituents is 1. The number of para-hydroxylation sites is 1. The van der Waals surface area contributed by atoms with Crippen LogP contribution in [-0.2, 0) is 6.54 Å². The molecular weight excluding hydrogens is 381 g/mol. The summed E-state index contributed by atoms with van der Waals surface area (Å²) >= 11 is 0. The Morgan fingerprint density at radius 3 is 2.67 bits per heavy atom. The zero-order chi connectivity index (χ0) is 21.1. The summed E-state index contributed by atoms with van der Waals surface area (Å²) in [4.78, 5) is 10.7. The van der Waals surface area contributed by atoms with Gasteiger partial charge in [0.15, 0.2) is 0 Å². The fourth-order valence-electron chi connectivity index (χ4n) is 3.48. The van der Waals surface area contributed by atoms with Gasteiger partial charge in [0, 0.05) is 41.3 Å². The van der Waals surface area contributed by atoms with Crippen LogP contribution in [0.25, 0.3) is 22.6 Å². The van der Waals surface area contributed by atoms with Crippen LogP contribution < -0.4 is 0 Å². The molecule has 0 saturated heterocycles. The van der Waals surface area contributed by atoms with Gasteiger partial charge < -0.3 is 4.57 Å². The van der Waals surface area contributed by atoms with Crippen LogP contribution in [0.3, 0.4) is 0 Å². The quantitative estimate of drug-likeness (QED) is 0.243. The van der Waals surface area contributed by atoms with Gasteiger partial charge in [-0.2, -0.15) is 5.26 Å². The van der Waals surface area contributed by atoms with Crippen LogP contribution in [0.5, 0.6) is 0 Å². The third-order valence-electron chi connectivity index (χ3n) is 4.85. The molecule has 0 aliphatic carbocycles. The Hall–Kier alpha value is -4.24. The first-order valence-electron chi connectivity index (χ1n) is 9.24. The molecule has 146 valence electrons. The number of nitriles is 1. The van der Waals surface area contributed by atoms with E-state index in [9.17, 15) is 19.8 Å². The summed E-state index contributed by atoms with van der Waals surface area (Å²) in [5.74, 6) is -0.401. The van der Waals surface area contributed by atoms with Crippen LogP contribution in [0.1, 0.15) is 16.7 Å². The Bertz CT molecular complexity index is 1330. The highest BCUT2D eigenvalue weighted by molar-refractivity contribution is 5.98. The zero-order valence-electron chi connectivity index (χ0n) is 15.8. The number of fused-ring (bicyclic) bond motifs is 1. The van der Waals surface area contributed by atoms with Crippen molar-refractivity contribution in [2.75, 3.05) is 0 Å². The molecule has 0 bridgehead atoms. The number of aromatic nitrogens is 1. The van der Waals surface area contributed by atoms with Gasteiger partial charge in [-0.25, -0.2) is 4.39 Å². The molecular formula is C24H16FN3O2. The number of non-ortho nitro benzene ring substituents is 1. The Morgan fingerprint density at radius 2 is 1.90 bits per heavy atom. The van der Waals surface area contributed by atoms with E-state index < -0.39 is 10.7 Å². The van der Waals surface area contributed by atoms with Gasteiger partial charge in [0.2, 0.25) is 0 Å². The summed E-state index contributed by atoms with van der Waals surface area (Å²) in [6.45, 7) is 0.442. The predicted molar refractivity (Wildman–Crippen MR) is 114 cm³/mol. The summed E-state index contributed by atoms with van der Waals surface area (Å²) in [6, 6.07) is 22.3. The molecule has 4 aromatic rings. The SMILES string of the molecule is N#C/C(=C/c1cn(Cc2cccc([N+](=O)[O-])c2)c2ccccc12)c1cccc(F)c1. The highest BCUT2D eigenvalue weighted by atomic mass is 19.1. The minimum absolute atomic E-state index is 0.0435. The highest BCUT2D eigenvalue weighted by Gasteiger charge is 2.11. The van der Waals surface area contributed by atoms with Gasteiger partial charge in [-0.15, -0.1) is 0 Å². The molecule has 0 N–H and O–H groups in total. The average Bonchev–Trinajstić information content (AvgIpc) is 3.09. The van der Waals surface area contributed by atoms with Crippen LogP contribution in [0.2, 0.25) is 0 Å². The van der Waals surface area contributed by atoms with E-state index in [1.165, 1.54) is 18.2 Å². The monoisotopic (exact) mass is 397 g/mol. The maximum absolute atomic E-state index is 13.6. The van der Waals surface area contributed by atoms with E-state index in [0.717, 1.165) is 22.0 Å². The summed E-state index contributed by atoms with van der Waals surface area (Å²) in [5.41, 5.74) is 3.46. The second-order valence-corrected chi connectivity index (χ2v) is 6.84. The summed E-state index contributed by atoms with van der Waals surface area (Å²) in [7, 11) is 0. The molecule has 0 spiro atoms. The molecule has 0 unspecified atom stereocenters. The number of hydrogen-bond donors (Lipinski definition) is 0. The lowest BCUT2D eigenvalue weighted by Crippen LogP contribution is -1.98. The lowest BCUT2D eigenvalue weighted by molar-refractivity contribution is -0.384. The van der Waals surface area contributed by atoms with Crippen molar-refractivity contribution in [3.63, 3.8) is 0 Å². The first-order valence-corrected chi connectivity index (χ1v) is 9.24. The molecule has 0 radical (unpaired) electrons. The standard InChI is InChI=1S/C24H16FN3O2/c25-21-7-4-6-18(13-21)19(14-26)12-20-16-27(24-10-2-1-9-23(20)24)15-17-5-3-8-22(11-17)28(29)30/h1-13,16H,15H2/b19-12-. The Morgan fingerprint density at radius 1 is 1.10 bits per heavy atom. The van der Waals surface area contributed by atoms with Crippen molar-refractivity contribution < 1.29 is 9.31 Å². The Balaban J connectivity index is 1.79. The van der Waals surface area contributed by atoms with Crippen LogP contribution in [0, 0.1) is 27.3 Å². The lowest BCUT2D eigenvalue weighted by Gasteiger charge is -2.05. The van der Waals surface area contributed by atoms with Gasteiger partial charge in [-0.3, -0.25) is 10.1 Å². The fraction of sp³-hybridized carbons (Fsp3) is 0.0417. The van der Waals surface area contributed by atoms with Crippen LogP contribution >= 0.6 is 0 Å². The second kappa shape index (κ2) is 8.02. The number of rotatable bonds is 5. The molecule has 4 rings (SSSR count). The molecule has 30 heavy (non-hydrogen) atoms. The third kappa shape index (κ3) is 3.82. The molecule has 0 amide bonds. The van der Waals surface area contributed by atoms with E-state index in [4.69, 9.17) is 0 Å². The smallest absolute Gasteiger partial charge is 0.269 e. The topological polar surface area (TPSA) is 71.9 Å². The lowest BCUT2D eigenvalue weighted by atomic mass is 10.0. The van der Waals surface area contributed by atoms with E-state index >= 15 is 0 Å². The van der Waals surface area contributed by atoms with Crippen molar-refractivity contribution in [3.05, 3.63) is 112 Å². The second-order valence-electron chi connectivity index (χ2n) is 6.84. The molecule has 1 heterocycles. The number of nitro groups is 1. The van der Waals surface area contributed by atoms with Crippen molar-refractivity contribution in [2.24, 2.45) is 0 Å². The van der Waals surface area contributed by atoms with E-state index in [-0.39, 0.29) is 5.69 Å². The number of allylic oxidation sites excluding steroid dienone is 1. The van der Waals surface area contributed by atoms with E-state index in [1.807, 2.05) is 41.1 Å². The van der Waals surface area contributed by atoms with E-state index in [0.29, 0.717) is 17.7 Å². The van der Waals surface area contributed by atoms with E-state index in [2.05, 4.69) is 6.07 Å². The molecule has 6 heteroatoms. The molecule has 3 aromatic carbocycles. The van der Waals surface area contributed by atoms with Gasteiger partial charge in [-0.05, 0) is 35.4 Å². The molecule has 5 nitrogen and oxygen atoms in total. The summed E-state index contributed by atoms with van der Waals surface area (Å²) in [6.07, 6.45) is 3.64. The Kier molecular flexibility index (Phi) is 5.10. The van der Waals surface area contributed by atoms with Gasteiger partial charge in [0.05, 0.1) is 16.6 Å². The minimum Gasteiger partial charge on any atom is -0.342 e. The maximum atomic E-state index is 13.6. The van der Waals surface area contributed by atoms with Crippen molar-refractivity contribution in [1.82, 2.24) is 4.57 Å². The van der Waals surface area contributed by atoms with Gasteiger partial charge in [0.25, 0.3) is 5.69 Å². The molecule has 0 aliphatic rings. The van der Waals surface area contributed by atoms with Crippen molar-refractivity contribution in [1.29, 1.82) is 5.26 Å². The first kappa shape index (κ1) is 19.1. The molecule has 0 fully saturated rings. The maximum Gasteiger partial charge on any atom is 0.269 e. The zero-order valence-corrected chi connectivity index (χ0v) is 15.8. The minimum atomic E-state index is -0.413. The Labute approximate surface area is 172 Å². The van der Waals surface area contributed by atoms with Crippen molar-refractivity contribution in [2.45, 2.75) is 6.54 Å². The third-order valence-corrected chi connectivity index (χ3v) is 4.85. The van der Waals surface area contributed by atoms with Crippen LogP contribution in [0.4, 0.5) is 10.1 Å². The predicted octanol–water partition coefficient (Wildman–Crippen LogP) is 5.80. The van der Waals surface area contributed by atoms with Gasteiger partial charge in [-0.1, -0.05) is 42.5 Å². The first-order chi connectivity index (χ1) is 14.5. The largest absolute Gasteiger partial charge is 0.342 e. The van der Waals surface area contributed by atoms with Crippen molar-refractivity contribution >= 4 is 28.2 Å². The molecule has 0 saturated carbocycles. The molecule has 1 aromatic heterocycles. The molecule has 0 aliphatic heterocycles. The number of benzene rings is 3. The average molecular weight is 397 g/mol. The van der Waals surface area contributed by atoms with Crippen LogP contribution in [-0.4, -0.2) is 9.49 Å². The fourth-order valence-corrected chi connectivity index (χ4v) is 3.48. The summed E-state index contributed by atoms with van der Waals surface area (Å²) in [5, 5.41) is 21.6. The van der Waals surface area contributed by atoms with Gasteiger partial charge >= 0.3 is 0 Å². The van der Waals surface area contributed by atoms with Crippen LogP contribution in [0.15, 0.2) is 79.0 Å². The normalized spacial score (nSPS) is 11.4. The highest BCUT2D eigenvalue weighted by Crippen LogP contribution is 2.27. The van der Waals surface area contributed by atoms with E-state index in [1.54, 1.807) is 30.3 Å². The van der Waals surface area contributed by atoms with Crippen molar-refractivity contribution in [3.8, 4) is 6.07 Å². The number of hydrogen-bond acceptors (Lipinski definition) is 3.